The molecule has 28 heavy (non-hydrogen) atoms. The number of hydrogen-bond donors (Lipinski definition) is 2. The maximum atomic E-state index is 12.9. The predicted octanol–water partition coefficient (Wildman–Crippen LogP) is 1.49. The van der Waals surface area contributed by atoms with Crippen molar-refractivity contribution in [1.82, 2.24) is 20.0 Å². The second-order valence-electron chi connectivity index (χ2n) is 7.02. The van der Waals surface area contributed by atoms with Gasteiger partial charge in [-0.2, -0.15) is 5.10 Å². The summed E-state index contributed by atoms with van der Waals surface area (Å²) in [5.74, 6) is -0.349. The molecule has 0 saturated carbocycles. The zero-order valence-electron chi connectivity index (χ0n) is 15.6. The Morgan fingerprint density at radius 1 is 1.11 bits per heavy atom. The number of amides is 2. The van der Waals surface area contributed by atoms with Crippen LogP contribution in [0, 0.1) is 0 Å². The third kappa shape index (κ3) is 3.75. The number of nitrogens with zero attached hydrogens (tertiary/aromatic N) is 3. The number of carbonyl (C=O) groups is 2. The van der Waals surface area contributed by atoms with Crippen molar-refractivity contribution < 1.29 is 9.59 Å². The molecule has 7 nitrogen and oxygen atoms in total. The summed E-state index contributed by atoms with van der Waals surface area (Å²) in [6.07, 6.45) is 3.01. The van der Waals surface area contributed by atoms with Gasteiger partial charge in [0.25, 0.3) is 5.91 Å². The Kier molecular flexibility index (Phi) is 5.08. The van der Waals surface area contributed by atoms with E-state index in [1.807, 2.05) is 53.6 Å². The molecular formula is C21H23N5O2. The second kappa shape index (κ2) is 7.82. The van der Waals surface area contributed by atoms with Gasteiger partial charge in [-0.3, -0.25) is 9.59 Å². The molecule has 1 saturated heterocycles. The molecule has 4 rings (SSSR count). The highest BCUT2D eigenvalue weighted by Gasteiger charge is 2.18. The van der Waals surface area contributed by atoms with Gasteiger partial charge in [0.1, 0.15) is 0 Å². The second-order valence-corrected chi connectivity index (χ2v) is 7.02. The third-order valence-electron chi connectivity index (χ3n) is 4.97. The van der Waals surface area contributed by atoms with Crippen LogP contribution in [0.2, 0.25) is 0 Å². The molecule has 2 aromatic carbocycles. The largest absolute Gasteiger partial charge is 0.369 e. The van der Waals surface area contributed by atoms with Gasteiger partial charge in [0.2, 0.25) is 5.91 Å². The molecule has 2 heterocycles. The summed E-state index contributed by atoms with van der Waals surface area (Å²) in [6.45, 7) is 3.24. The number of fused-ring (bicyclic) bond motifs is 1. The van der Waals surface area contributed by atoms with Crippen LogP contribution in [0.15, 0.2) is 48.7 Å². The van der Waals surface area contributed by atoms with Crippen molar-refractivity contribution >= 4 is 22.7 Å². The Labute approximate surface area is 163 Å². The first-order valence-corrected chi connectivity index (χ1v) is 9.48. The standard InChI is InChI=1S/C21H23N5O2/c22-19(27)13-15-4-1-6-17-14-26(24-20(15)17)18-7-2-5-16(12-18)21(28)25-10-3-8-23-9-11-25/h1-2,4-7,12,14,23H,3,8-11,13H2,(H2,22,27). The third-order valence-corrected chi connectivity index (χ3v) is 4.97. The SMILES string of the molecule is NC(=O)Cc1cccc2cn(-c3cccc(C(=O)N4CCCNCC4)c3)nc12. The van der Waals surface area contributed by atoms with Gasteiger partial charge < -0.3 is 16.0 Å². The van der Waals surface area contributed by atoms with Crippen LogP contribution in [0.25, 0.3) is 16.6 Å². The molecule has 0 bridgehead atoms. The van der Waals surface area contributed by atoms with Gasteiger partial charge in [-0.15, -0.1) is 0 Å². The first-order chi connectivity index (χ1) is 13.6. The van der Waals surface area contributed by atoms with Gasteiger partial charge in [-0.05, 0) is 36.7 Å². The van der Waals surface area contributed by atoms with Crippen LogP contribution in [-0.2, 0) is 11.2 Å². The summed E-state index contributed by atoms with van der Waals surface area (Å²) in [7, 11) is 0. The lowest BCUT2D eigenvalue weighted by atomic mass is 10.1. The van der Waals surface area contributed by atoms with Crippen LogP contribution < -0.4 is 11.1 Å². The monoisotopic (exact) mass is 377 g/mol. The Hall–Kier alpha value is -3.19. The van der Waals surface area contributed by atoms with E-state index in [9.17, 15) is 9.59 Å². The maximum absolute atomic E-state index is 12.9. The average molecular weight is 377 g/mol. The average Bonchev–Trinajstić information content (AvgIpc) is 2.95. The van der Waals surface area contributed by atoms with Crippen molar-refractivity contribution in [3.63, 3.8) is 0 Å². The van der Waals surface area contributed by atoms with Crippen molar-refractivity contribution in [1.29, 1.82) is 0 Å². The molecule has 144 valence electrons. The van der Waals surface area contributed by atoms with E-state index >= 15 is 0 Å². The van der Waals surface area contributed by atoms with E-state index in [2.05, 4.69) is 10.4 Å². The summed E-state index contributed by atoms with van der Waals surface area (Å²) in [5, 5.41) is 8.88. The number of primary amides is 1. The fourth-order valence-electron chi connectivity index (χ4n) is 3.58. The molecule has 1 aliphatic rings. The minimum absolute atomic E-state index is 0.0386. The summed E-state index contributed by atoms with van der Waals surface area (Å²) in [6, 6.07) is 13.2. The zero-order valence-corrected chi connectivity index (χ0v) is 15.6. The van der Waals surface area contributed by atoms with E-state index in [-0.39, 0.29) is 18.2 Å². The molecule has 0 spiro atoms. The van der Waals surface area contributed by atoms with Crippen LogP contribution >= 0.6 is 0 Å². The molecule has 1 aromatic heterocycles. The molecule has 1 aliphatic heterocycles. The van der Waals surface area contributed by atoms with Crippen LogP contribution in [-0.4, -0.2) is 52.7 Å². The smallest absolute Gasteiger partial charge is 0.253 e. The van der Waals surface area contributed by atoms with Crippen molar-refractivity contribution in [2.75, 3.05) is 26.2 Å². The Balaban J connectivity index is 1.65. The highest BCUT2D eigenvalue weighted by Crippen LogP contribution is 2.21. The molecule has 0 aliphatic carbocycles. The van der Waals surface area contributed by atoms with Gasteiger partial charge >= 0.3 is 0 Å². The number of benzene rings is 2. The molecule has 0 unspecified atom stereocenters. The number of carbonyl (C=O) groups excluding carboxylic acids is 2. The summed E-state index contributed by atoms with van der Waals surface area (Å²) in [5.41, 5.74) is 8.35. The van der Waals surface area contributed by atoms with E-state index in [0.29, 0.717) is 12.1 Å². The quantitative estimate of drug-likeness (QED) is 0.720. The molecule has 2 amide bonds. The first kappa shape index (κ1) is 18.2. The minimum Gasteiger partial charge on any atom is -0.369 e. The van der Waals surface area contributed by atoms with Gasteiger partial charge in [-0.25, -0.2) is 4.68 Å². The van der Waals surface area contributed by atoms with Gasteiger partial charge in [0, 0.05) is 36.8 Å². The molecule has 7 heteroatoms. The Bertz CT molecular complexity index is 1020. The van der Waals surface area contributed by atoms with Gasteiger partial charge in [0.15, 0.2) is 0 Å². The van der Waals surface area contributed by atoms with Crippen molar-refractivity contribution in [3.05, 3.63) is 59.8 Å². The number of hydrogen-bond acceptors (Lipinski definition) is 4. The van der Waals surface area contributed by atoms with E-state index in [0.717, 1.165) is 48.2 Å². The normalized spacial score (nSPS) is 14.8. The number of aromatic nitrogens is 2. The van der Waals surface area contributed by atoms with Crippen LogP contribution in [0.1, 0.15) is 22.3 Å². The van der Waals surface area contributed by atoms with Gasteiger partial charge in [0.05, 0.1) is 17.6 Å². The first-order valence-electron chi connectivity index (χ1n) is 9.48. The summed E-state index contributed by atoms with van der Waals surface area (Å²) < 4.78 is 1.75. The van der Waals surface area contributed by atoms with E-state index in [1.165, 1.54) is 0 Å². The van der Waals surface area contributed by atoms with Crippen molar-refractivity contribution in [2.45, 2.75) is 12.8 Å². The highest BCUT2D eigenvalue weighted by molar-refractivity contribution is 5.95. The van der Waals surface area contributed by atoms with Crippen LogP contribution in [0.4, 0.5) is 0 Å². The fraction of sp³-hybridized carbons (Fsp3) is 0.286. The lowest BCUT2D eigenvalue weighted by Crippen LogP contribution is -2.34. The van der Waals surface area contributed by atoms with Crippen molar-refractivity contribution in [2.24, 2.45) is 5.73 Å². The molecule has 0 radical (unpaired) electrons. The summed E-state index contributed by atoms with van der Waals surface area (Å²) >= 11 is 0. The van der Waals surface area contributed by atoms with Crippen LogP contribution in [0.3, 0.4) is 0 Å². The lowest BCUT2D eigenvalue weighted by Gasteiger charge is -2.20. The zero-order chi connectivity index (χ0) is 19.5. The summed E-state index contributed by atoms with van der Waals surface area (Å²) in [4.78, 5) is 26.1. The molecule has 1 fully saturated rings. The topological polar surface area (TPSA) is 93.2 Å². The predicted molar refractivity (Wildman–Crippen MR) is 107 cm³/mol. The Morgan fingerprint density at radius 3 is 2.82 bits per heavy atom. The molecule has 0 atom stereocenters. The fourth-order valence-corrected chi connectivity index (χ4v) is 3.58. The van der Waals surface area contributed by atoms with E-state index < -0.39 is 0 Å². The minimum atomic E-state index is -0.387. The lowest BCUT2D eigenvalue weighted by molar-refractivity contribution is -0.117. The van der Waals surface area contributed by atoms with E-state index in [4.69, 9.17) is 5.73 Å². The van der Waals surface area contributed by atoms with Gasteiger partial charge in [-0.1, -0.05) is 24.3 Å². The number of rotatable bonds is 4. The molecule has 3 aromatic rings. The number of nitrogens with two attached hydrogens (primary N) is 1. The van der Waals surface area contributed by atoms with Crippen LogP contribution in [0.5, 0.6) is 0 Å². The van der Waals surface area contributed by atoms with Crippen molar-refractivity contribution in [3.8, 4) is 5.69 Å². The maximum Gasteiger partial charge on any atom is 0.253 e. The molecular weight excluding hydrogens is 354 g/mol. The Morgan fingerprint density at radius 2 is 1.96 bits per heavy atom. The molecule has 3 N–H and O–H groups in total. The van der Waals surface area contributed by atoms with E-state index in [1.54, 1.807) is 4.68 Å². The highest BCUT2D eigenvalue weighted by atomic mass is 16.2. The number of nitrogens with one attached hydrogen (secondary N) is 1.